The molecule has 0 spiro atoms. The van der Waals surface area contributed by atoms with E-state index in [2.05, 4.69) is 40.2 Å². The lowest BCUT2D eigenvalue weighted by Crippen LogP contribution is -2.66. The maximum atomic E-state index is 5.16. The molecule has 0 unspecified atom stereocenters. The van der Waals surface area contributed by atoms with Crippen molar-refractivity contribution in [2.24, 2.45) is 0 Å². The molecular formula is C12H13BrO. The standard InChI is InChI=1S/C12H13BrO/c1-14-10-4-2-9(3-5-10)11-6-12(13,7-11)8-11/h2-5H,6-8H2,1H3. The van der Waals surface area contributed by atoms with Crippen molar-refractivity contribution in [3.63, 3.8) is 0 Å². The van der Waals surface area contributed by atoms with E-state index >= 15 is 0 Å². The van der Waals surface area contributed by atoms with Crippen LogP contribution >= 0.6 is 15.9 Å². The Morgan fingerprint density at radius 3 is 2.14 bits per heavy atom. The summed E-state index contributed by atoms with van der Waals surface area (Å²) in [5.74, 6) is 0.953. The van der Waals surface area contributed by atoms with Crippen LogP contribution in [0.15, 0.2) is 24.3 Å². The monoisotopic (exact) mass is 252 g/mol. The van der Waals surface area contributed by atoms with Crippen molar-refractivity contribution >= 4 is 15.9 Å². The van der Waals surface area contributed by atoms with Crippen molar-refractivity contribution in [3.8, 4) is 5.75 Å². The zero-order chi connectivity index (χ0) is 9.81. The fraction of sp³-hybridized carbons (Fsp3) is 0.500. The van der Waals surface area contributed by atoms with Crippen LogP contribution in [0.5, 0.6) is 5.75 Å². The van der Waals surface area contributed by atoms with Gasteiger partial charge in [-0.2, -0.15) is 0 Å². The summed E-state index contributed by atoms with van der Waals surface area (Å²) in [5, 5.41) is 0. The van der Waals surface area contributed by atoms with Gasteiger partial charge >= 0.3 is 0 Å². The molecule has 0 saturated heterocycles. The lowest BCUT2D eigenvalue weighted by molar-refractivity contribution is 0.0136. The van der Waals surface area contributed by atoms with Crippen LogP contribution in [0, 0.1) is 0 Å². The second kappa shape index (κ2) is 2.54. The Labute approximate surface area is 92.6 Å². The van der Waals surface area contributed by atoms with Crippen molar-refractivity contribution < 1.29 is 4.74 Å². The summed E-state index contributed by atoms with van der Waals surface area (Å²) >= 11 is 3.77. The van der Waals surface area contributed by atoms with E-state index in [-0.39, 0.29) is 0 Å². The molecule has 3 aliphatic carbocycles. The Balaban J connectivity index is 1.85. The van der Waals surface area contributed by atoms with Gasteiger partial charge in [0.15, 0.2) is 0 Å². The van der Waals surface area contributed by atoms with Crippen LogP contribution in [-0.4, -0.2) is 11.4 Å². The SMILES string of the molecule is COc1ccc(C23CC(Br)(C2)C3)cc1. The molecule has 2 heteroatoms. The highest BCUT2D eigenvalue weighted by atomic mass is 79.9. The second-order valence-electron chi connectivity index (χ2n) is 4.69. The van der Waals surface area contributed by atoms with Gasteiger partial charge in [-0.3, -0.25) is 0 Å². The van der Waals surface area contributed by atoms with Gasteiger partial charge < -0.3 is 4.74 Å². The number of benzene rings is 1. The number of rotatable bonds is 2. The number of hydrogen-bond donors (Lipinski definition) is 0. The van der Waals surface area contributed by atoms with E-state index in [1.165, 1.54) is 24.8 Å². The van der Waals surface area contributed by atoms with Gasteiger partial charge in [-0.05, 0) is 42.4 Å². The third kappa shape index (κ3) is 1.01. The highest BCUT2D eigenvalue weighted by Gasteiger charge is 2.66. The van der Waals surface area contributed by atoms with Crippen LogP contribution < -0.4 is 4.74 Å². The molecule has 3 saturated carbocycles. The van der Waals surface area contributed by atoms with Gasteiger partial charge in [-0.15, -0.1) is 0 Å². The minimum absolute atomic E-state index is 0.507. The Bertz CT molecular complexity index is 349. The minimum Gasteiger partial charge on any atom is -0.497 e. The van der Waals surface area contributed by atoms with E-state index in [1.54, 1.807) is 7.11 Å². The lowest BCUT2D eigenvalue weighted by Gasteiger charge is -2.68. The normalized spacial score (nSPS) is 38.4. The highest BCUT2D eigenvalue weighted by molar-refractivity contribution is 9.10. The van der Waals surface area contributed by atoms with Gasteiger partial charge in [0.2, 0.25) is 0 Å². The van der Waals surface area contributed by atoms with E-state index in [4.69, 9.17) is 4.74 Å². The molecule has 1 aromatic carbocycles. The first-order valence-corrected chi connectivity index (χ1v) is 5.79. The van der Waals surface area contributed by atoms with Crippen LogP contribution in [-0.2, 0) is 5.41 Å². The number of alkyl halides is 1. The Morgan fingerprint density at radius 1 is 1.14 bits per heavy atom. The molecule has 0 atom stereocenters. The molecule has 3 aliphatic rings. The molecule has 0 amide bonds. The first-order chi connectivity index (χ1) is 6.66. The lowest BCUT2D eigenvalue weighted by atomic mass is 9.42. The Kier molecular flexibility index (Phi) is 1.59. The van der Waals surface area contributed by atoms with Crippen molar-refractivity contribution in [2.75, 3.05) is 7.11 Å². The van der Waals surface area contributed by atoms with E-state index < -0.39 is 0 Å². The van der Waals surface area contributed by atoms with Gasteiger partial charge in [-0.1, -0.05) is 28.1 Å². The van der Waals surface area contributed by atoms with Gasteiger partial charge in [0, 0.05) is 4.32 Å². The van der Waals surface area contributed by atoms with Crippen molar-refractivity contribution in [1.82, 2.24) is 0 Å². The van der Waals surface area contributed by atoms with Crippen LogP contribution in [0.25, 0.3) is 0 Å². The smallest absolute Gasteiger partial charge is 0.118 e. The van der Waals surface area contributed by atoms with Crippen LogP contribution in [0.1, 0.15) is 24.8 Å². The zero-order valence-electron chi connectivity index (χ0n) is 8.22. The fourth-order valence-electron chi connectivity index (χ4n) is 2.91. The highest BCUT2D eigenvalue weighted by Crippen LogP contribution is 2.72. The first kappa shape index (κ1) is 8.78. The average Bonchev–Trinajstić information content (AvgIpc) is 2.12. The Hall–Kier alpha value is -0.500. The van der Waals surface area contributed by atoms with Gasteiger partial charge in [0.05, 0.1) is 7.11 Å². The molecule has 1 aromatic rings. The second-order valence-corrected chi connectivity index (χ2v) is 6.37. The summed E-state index contributed by atoms with van der Waals surface area (Å²) in [6.45, 7) is 0. The molecule has 3 fully saturated rings. The summed E-state index contributed by atoms with van der Waals surface area (Å²) in [4.78, 5) is 0. The minimum atomic E-state index is 0.507. The Morgan fingerprint density at radius 2 is 1.71 bits per heavy atom. The molecule has 1 nitrogen and oxygen atoms in total. The molecule has 0 N–H and O–H groups in total. The predicted molar refractivity (Wildman–Crippen MR) is 60.2 cm³/mol. The van der Waals surface area contributed by atoms with Crippen LogP contribution in [0.2, 0.25) is 0 Å². The van der Waals surface area contributed by atoms with Crippen LogP contribution in [0.4, 0.5) is 0 Å². The van der Waals surface area contributed by atoms with Crippen molar-refractivity contribution in [2.45, 2.75) is 29.0 Å². The van der Waals surface area contributed by atoms with E-state index in [9.17, 15) is 0 Å². The third-order valence-electron chi connectivity index (χ3n) is 3.67. The average molecular weight is 253 g/mol. The molecule has 0 aliphatic heterocycles. The predicted octanol–water partition coefficient (Wildman–Crippen LogP) is 3.26. The summed E-state index contributed by atoms with van der Waals surface area (Å²) in [5.41, 5.74) is 2.00. The van der Waals surface area contributed by atoms with E-state index in [1.807, 2.05) is 0 Å². The zero-order valence-corrected chi connectivity index (χ0v) is 9.80. The van der Waals surface area contributed by atoms with Crippen molar-refractivity contribution in [1.29, 1.82) is 0 Å². The molecule has 74 valence electrons. The molecule has 4 rings (SSSR count). The van der Waals surface area contributed by atoms with Crippen molar-refractivity contribution in [3.05, 3.63) is 29.8 Å². The number of halogens is 1. The first-order valence-electron chi connectivity index (χ1n) is 4.99. The molecule has 0 heterocycles. The summed E-state index contributed by atoms with van der Waals surface area (Å²) < 4.78 is 5.66. The maximum Gasteiger partial charge on any atom is 0.118 e. The summed E-state index contributed by atoms with van der Waals surface area (Å²) in [6.07, 6.45) is 3.94. The maximum absolute atomic E-state index is 5.16. The molecule has 0 aromatic heterocycles. The fourth-order valence-corrected chi connectivity index (χ4v) is 4.52. The number of hydrogen-bond acceptors (Lipinski definition) is 1. The number of ether oxygens (including phenoxy) is 1. The van der Waals surface area contributed by atoms with E-state index in [0.29, 0.717) is 9.74 Å². The van der Waals surface area contributed by atoms with Crippen LogP contribution in [0.3, 0.4) is 0 Å². The molecule has 2 bridgehead atoms. The molecule has 0 radical (unpaired) electrons. The number of methoxy groups -OCH3 is 1. The summed E-state index contributed by atoms with van der Waals surface area (Å²) in [7, 11) is 1.71. The van der Waals surface area contributed by atoms with Gasteiger partial charge in [0.1, 0.15) is 5.75 Å². The molecular weight excluding hydrogens is 240 g/mol. The summed E-state index contributed by atoms with van der Waals surface area (Å²) in [6, 6.07) is 8.56. The van der Waals surface area contributed by atoms with E-state index in [0.717, 1.165) is 5.75 Å². The van der Waals surface area contributed by atoms with Gasteiger partial charge in [0.25, 0.3) is 0 Å². The van der Waals surface area contributed by atoms with Gasteiger partial charge in [-0.25, -0.2) is 0 Å². The topological polar surface area (TPSA) is 9.23 Å². The molecule has 14 heavy (non-hydrogen) atoms. The quantitative estimate of drug-likeness (QED) is 0.735. The third-order valence-corrected chi connectivity index (χ3v) is 4.51. The largest absolute Gasteiger partial charge is 0.497 e.